The molecule has 1 aromatic carbocycles. The molecule has 0 radical (unpaired) electrons. The summed E-state index contributed by atoms with van der Waals surface area (Å²) >= 11 is 0.875. The van der Waals surface area contributed by atoms with Crippen molar-refractivity contribution in [3.05, 3.63) is 46.8 Å². The van der Waals surface area contributed by atoms with E-state index in [0.717, 1.165) is 23.3 Å². The van der Waals surface area contributed by atoms with E-state index in [9.17, 15) is 27.6 Å². The van der Waals surface area contributed by atoms with E-state index in [1.54, 1.807) is 12.1 Å². The van der Waals surface area contributed by atoms with E-state index < -0.39 is 33.9 Å². The fourth-order valence-corrected chi connectivity index (χ4v) is 7.04. The third-order valence-electron chi connectivity index (χ3n) is 7.08. The van der Waals surface area contributed by atoms with E-state index in [-0.39, 0.29) is 45.7 Å². The number of nitrogens with one attached hydrogen (secondary N) is 1. The van der Waals surface area contributed by atoms with Gasteiger partial charge in [0.1, 0.15) is 16.3 Å². The van der Waals surface area contributed by atoms with E-state index in [1.807, 2.05) is 45.0 Å². The number of rotatable bonds is 8. The molecule has 2 aliphatic heterocycles. The summed E-state index contributed by atoms with van der Waals surface area (Å²) in [6, 6.07) is 7.81. The lowest BCUT2D eigenvalue weighted by Crippen LogP contribution is -2.53. The zero-order valence-electron chi connectivity index (χ0n) is 22.7. The van der Waals surface area contributed by atoms with Crippen molar-refractivity contribution in [2.24, 2.45) is 5.92 Å². The Morgan fingerprint density at radius 1 is 1.08 bits per heavy atom. The number of Topliss-reactive ketones (excluding diaryl/α,β-unsaturated/α-hetero) is 1. The molecule has 0 spiro atoms. The van der Waals surface area contributed by atoms with Gasteiger partial charge in [0.15, 0.2) is 15.6 Å². The number of nitrogens with zero attached hydrogens (tertiary/aromatic N) is 3. The first-order valence-corrected chi connectivity index (χ1v) is 15.5. The van der Waals surface area contributed by atoms with Gasteiger partial charge in [0.25, 0.3) is 11.8 Å². The van der Waals surface area contributed by atoms with Crippen molar-refractivity contribution in [1.29, 1.82) is 0 Å². The van der Waals surface area contributed by atoms with Crippen molar-refractivity contribution < 1.29 is 27.6 Å². The molecule has 3 heterocycles. The number of benzene rings is 1. The highest BCUT2D eigenvalue weighted by atomic mass is 32.2. The largest absolute Gasteiger partial charge is 0.378 e. The van der Waals surface area contributed by atoms with Gasteiger partial charge >= 0.3 is 0 Å². The smallest absolute Gasteiger partial charge is 0.264 e. The van der Waals surface area contributed by atoms with Crippen LogP contribution in [0.3, 0.4) is 0 Å². The fraction of sp³-hybridized carbons (Fsp3) is 0.481. The lowest BCUT2D eigenvalue weighted by Gasteiger charge is -2.29. The predicted molar refractivity (Wildman–Crippen MR) is 149 cm³/mol. The average molecular weight is 575 g/mol. The number of hydrogen-bond donors (Lipinski definition) is 1. The Balaban J connectivity index is 1.50. The van der Waals surface area contributed by atoms with Crippen LogP contribution < -0.4 is 10.2 Å². The minimum atomic E-state index is -3.45. The summed E-state index contributed by atoms with van der Waals surface area (Å²) in [6.07, 6.45) is 1.90. The number of sulfone groups is 1. The Kier molecular flexibility index (Phi) is 8.17. The maximum Gasteiger partial charge on any atom is 0.264 e. The van der Waals surface area contributed by atoms with Crippen LogP contribution in [0, 0.1) is 5.92 Å². The van der Waals surface area contributed by atoms with Crippen LogP contribution in [0.2, 0.25) is 0 Å². The Hall–Kier alpha value is -3.25. The number of carbonyl (C=O) groups excluding carboxylic acids is 4. The summed E-state index contributed by atoms with van der Waals surface area (Å²) in [7, 11) is 0.358. The fourth-order valence-electron chi connectivity index (χ4n) is 5.16. The van der Waals surface area contributed by atoms with E-state index in [2.05, 4.69) is 5.32 Å². The summed E-state index contributed by atoms with van der Waals surface area (Å²) in [5.74, 6) is -1.27. The molecule has 2 aromatic rings. The second-order valence-corrected chi connectivity index (χ2v) is 14.0. The minimum absolute atomic E-state index is 0.0831. The van der Waals surface area contributed by atoms with Crippen molar-refractivity contribution in [2.45, 2.75) is 49.0 Å². The van der Waals surface area contributed by atoms with Gasteiger partial charge in [-0.05, 0) is 55.2 Å². The van der Waals surface area contributed by atoms with Crippen LogP contribution in [0.25, 0.3) is 0 Å². The first-order valence-electron chi connectivity index (χ1n) is 12.8. The molecule has 12 heteroatoms. The summed E-state index contributed by atoms with van der Waals surface area (Å²) in [4.78, 5) is 58.2. The Morgan fingerprint density at radius 2 is 1.74 bits per heavy atom. The molecule has 2 saturated heterocycles. The highest BCUT2D eigenvalue weighted by Crippen LogP contribution is 2.33. The summed E-state index contributed by atoms with van der Waals surface area (Å²) < 4.78 is 23.8. The van der Waals surface area contributed by atoms with Gasteiger partial charge in [-0.1, -0.05) is 13.8 Å². The first-order chi connectivity index (χ1) is 18.3. The lowest BCUT2D eigenvalue weighted by atomic mass is 10.0. The molecule has 0 bridgehead atoms. The summed E-state index contributed by atoms with van der Waals surface area (Å²) in [6.45, 7) is 4.05. The van der Waals surface area contributed by atoms with Gasteiger partial charge in [-0.2, -0.15) is 0 Å². The standard InChI is InChI=1S/C27H34N4O6S2/c1-16(2)14-19(28-25(33)17-6-8-18(9-7-17)29(3)4)26(34)30-13-12-20-24(30)21(32)15-31(20)27(35)22-10-11-23(38-22)39(5,36)37/h6-11,16,19-20,24H,12-15H2,1-5H3,(H,28,33)/t19-,20?,24?/m0/s1. The zero-order chi connectivity index (χ0) is 28.6. The van der Waals surface area contributed by atoms with Gasteiger partial charge in [-0.15, -0.1) is 11.3 Å². The van der Waals surface area contributed by atoms with Gasteiger partial charge in [-0.3, -0.25) is 19.2 Å². The molecule has 4 rings (SSSR count). The topological polar surface area (TPSA) is 124 Å². The van der Waals surface area contributed by atoms with E-state index in [4.69, 9.17) is 0 Å². The van der Waals surface area contributed by atoms with Crippen LogP contribution in [-0.2, 0) is 19.4 Å². The quantitative estimate of drug-likeness (QED) is 0.512. The molecule has 39 heavy (non-hydrogen) atoms. The molecule has 210 valence electrons. The van der Waals surface area contributed by atoms with Crippen molar-refractivity contribution in [1.82, 2.24) is 15.1 Å². The number of amides is 3. The zero-order valence-corrected chi connectivity index (χ0v) is 24.3. The molecule has 3 amide bonds. The number of likely N-dealkylation sites (tertiary alicyclic amines) is 2. The number of ketones is 1. The normalized spacial score (nSPS) is 19.8. The van der Waals surface area contributed by atoms with Crippen molar-refractivity contribution in [3.63, 3.8) is 0 Å². The monoisotopic (exact) mass is 574 g/mol. The SMILES string of the molecule is CC(C)C[C@H](NC(=O)c1ccc(N(C)C)cc1)C(=O)N1CCC2C1C(=O)CN2C(=O)c1ccc(S(C)(=O)=O)s1. The molecule has 2 aliphatic rings. The van der Waals surface area contributed by atoms with Crippen LogP contribution in [-0.4, -0.2) is 93.3 Å². The van der Waals surface area contributed by atoms with Crippen LogP contribution in [0.4, 0.5) is 5.69 Å². The third-order valence-corrected chi connectivity index (χ3v) is 9.97. The van der Waals surface area contributed by atoms with Gasteiger partial charge in [0.05, 0.1) is 17.5 Å². The molecule has 10 nitrogen and oxygen atoms in total. The number of fused-ring (bicyclic) bond motifs is 1. The van der Waals surface area contributed by atoms with Crippen LogP contribution in [0.15, 0.2) is 40.6 Å². The van der Waals surface area contributed by atoms with Gasteiger partial charge in [0.2, 0.25) is 5.91 Å². The van der Waals surface area contributed by atoms with Crippen molar-refractivity contribution in [2.75, 3.05) is 38.3 Å². The van der Waals surface area contributed by atoms with Crippen molar-refractivity contribution in [3.8, 4) is 0 Å². The van der Waals surface area contributed by atoms with Crippen LogP contribution in [0.1, 0.15) is 46.7 Å². The molecular weight excluding hydrogens is 540 g/mol. The Morgan fingerprint density at radius 3 is 2.31 bits per heavy atom. The molecular formula is C27H34N4O6S2. The van der Waals surface area contributed by atoms with Crippen LogP contribution in [0.5, 0.6) is 0 Å². The second-order valence-electron chi connectivity index (χ2n) is 10.7. The molecule has 1 aromatic heterocycles. The van der Waals surface area contributed by atoms with Crippen LogP contribution >= 0.6 is 11.3 Å². The van der Waals surface area contributed by atoms with Gasteiger partial charge < -0.3 is 20.0 Å². The minimum Gasteiger partial charge on any atom is -0.378 e. The maximum atomic E-state index is 13.7. The molecule has 1 N–H and O–H groups in total. The Bertz CT molecular complexity index is 1380. The number of thiophene rings is 1. The van der Waals surface area contributed by atoms with Gasteiger partial charge in [0, 0.05) is 38.1 Å². The Labute approximate surface area is 232 Å². The number of anilines is 1. The molecule has 3 atom stereocenters. The lowest BCUT2D eigenvalue weighted by molar-refractivity contribution is -0.138. The van der Waals surface area contributed by atoms with Gasteiger partial charge in [-0.25, -0.2) is 8.42 Å². The molecule has 0 saturated carbocycles. The molecule has 2 fully saturated rings. The van der Waals surface area contributed by atoms with E-state index in [1.165, 1.54) is 21.9 Å². The second kappa shape index (κ2) is 11.1. The van der Waals surface area contributed by atoms with Crippen molar-refractivity contribution >= 4 is 50.4 Å². The van der Waals surface area contributed by atoms with E-state index >= 15 is 0 Å². The average Bonchev–Trinajstić information content (AvgIpc) is 3.59. The first kappa shape index (κ1) is 28.8. The summed E-state index contributed by atoms with van der Waals surface area (Å²) in [5.41, 5.74) is 1.37. The number of hydrogen-bond acceptors (Lipinski definition) is 8. The maximum absolute atomic E-state index is 13.7. The third kappa shape index (κ3) is 6.01. The highest BCUT2D eigenvalue weighted by Gasteiger charge is 2.52. The highest BCUT2D eigenvalue weighted by molar-refractivity contribution is 7.92. The predicted octanol–water partition coefficient (Wildman–Crippen LogP) is 2.06. The molecule has 2 unspecified atom stereocenters. The summed E-state index contributed by atoms with van der Waals surface area (Å²) in [5, 5.41) is 2.87. The molecule has 0 aliphatic carbocycles. The van der Waals surface area contributed by atoms with E-state index in [0.29, 0.717) is 18.4 Å². The number of carbonyl (C=O) groups is 4.